The number of rotatable bonds is 8. The predicted octanol–water partition coefficient (Wildman–Crippen LogP) is 0.798. The molecule has 0 aliphatic carbocycles. The predicted molar refractivity (Wildman–Crippen MR) is 70.1 cm³/mol. The zero-order valence-electron chi connectivity index (χ0n) is 12.0. The Bertz CT molecular complexity index is 462. The molecule has 0 bridgehead atoms. The largest absolute Gasteiger partial charge is 0.509 e. The lowest BCUT2D eigenvalue weighted by Crippen LogP contribution is -2.31. The van der Waals surface area contributed by atoms with Gasteiger partial charge in [0.2, 0.25) is 0 Å². The molecule has 2 aliphatic rings. The van der Waals surface area contributed by atoms with E-state index in [1.165, 1.54) is 0 Å². The van der Waals surface area contributed by atoms with Crippen molar-refractivity contribution in [2.45, 2.75) is 50.8 Å². The number of hydrogen-bond donors (Lipinski definition) is 0. The highest BCUT2D eigenvalue weighted by molar-refractivity contribution is 7.86. The third-order valence-corrected chi connectivity index (χ3v) is 4.66. The average Bonchev–Trinajstić information content (AvgIpc) is 2.96. The first kappa shape index (κ1) is 16.5. The molecule has 2 saturated heterocycles. The lowest BCUT2D eigenvalue weighted by molar-refractivity contribution is -0.167. The highest BCUT2D eigenvalue weighted by atomic mass is 32.2. The van der Waals surface area contributed by atoms with Crippen LogP contribution in [0.2, 0.25) is 0 Å². The molecule has 8 nitrogen and oxygen atoms in total. The lowest BCUT2D eigenvalue weighted by atomic mass is 10.1. The molecule has 0 aromatic carbocycles. The van der Waals surface area contributed by atoms with Crippen LogP contribution in [0.1, 0.15) is 26.2 Å². The van der Waals surface area contributed by atoms with Crippen molar-refractivity contribution in [1.29, 1.82) is 0 Å². The highest BCUT2D eigenvalue weighted by Crippen LogP contribution is 2.34. The first-order valence-electron chi connectivity index (χ1n) is 6.89. The van der Waals surface area contributed by atoms with E-state index >= 15 is 0 Å². The number of carbonyl (C=O) groups is 1. The van der Waals surface area contributed by atoms with Crippen LogP contribution in [0.4, 0.5) is 4.79 Å². The fraction of sp³-hybridized carbons (Fsp3) is 0.917. The van der Waals surface area contributed by atoms with Crippen molar-refractivity contribution in [1.82, 2.24) is 0 Å². The molecule has 0 aromatic heterocycles. The van der Waals surface area contributed by atoms with Crippen molar-refractivity contribution >= 4 is 16.3 Å². The smallest absolute Gasteiger partial charge is 0.424 e. The summed E-state index contributed by atoms with van der Waals surface area (Å²) in [6.45, 7) is 2.50. The normalized spacial score (nSPS) is 31.8. The maximum absolute atomic E-state index is 11.4. The highest BCUT2D eigenvalue weighted by Gasteiger charge is 2.54. The minimum Gasteiger partial charge on any atom is -0.424 e. The molecule has 4 atom stereocenters. The van der Waals surface area contributed by atoms with Gasteiger partial charge in [-0.15, -0.1) is 0 Å². The van der Waals surface area contributed by atoms with Crippen LogP contribution in [0.3, 0.4) is 0 Å². The number of carbonyl (C=O) groups excluding carboxylic acids is 1. The summed E-state index contributed by atoms with van der Waals surface area (Å²) in [5.41, 5.74) is 0. The Morgan fingerprint density at radius 3 is 2.62 bits per heavy atom. The van der Waals surface area contributed by atoms with E-state index in [9.17, 15) is 13.2 Å². The Hall–Kier alpha value is -0.900. The number of ether oxygens (including phenoxy) is 4. The number of fused-ring (bicyclic) bond motifs is 1. The van der Waals surface area contributed by atoms with Crippen molar-refractivity contribution in [2.24, 2.45) is 0 Å². The first-order chi connectivity index (χ1) is 9.96. The van der Waals surface area contributed by atoms with Crippen LogP contribution in [0.5, 0.6) is 0 Å². The topological polar surface area (TPSA) is 97.4 Å². The molecule has 0 spiro atoms. The number of hydrogen-bond acceptors (Lipinski definition) is 8. The van der Waals surface area contributed by atoms with Crippen LogP contribution in [0.15, 0.2) is 0 Å². The summed E-state index contributed by atoms with van der Waals surface area (Å²) in [5, 5.41) is 0. The van der Waals surface area contributed by atoms with Gasteiger partial charge in [0, 0.05) is 6.61 Å². The van der Waals surface area contributed by atoms with Gasteiger partial charge in [-0.1, -0.05) is 13.3 Å². The Morgan fingerprint density at radius 2 is 1.95 bits per heavy atom. The molecule has 2 fully saturated rings. The van der Waals surface area contributed by atoms with Gasteiger partial charge in [-0.25, -0.2) is 4.79 Å². The molecule has 122 valence electrons. The van der Waals surface area contributed by atoms with Crippen LogP contribution < -0.4 is 0 Å². The molecule has 0 N–H and O–H groups in total. The Balaban J connectivity index is 1.94. The molecule has 0 radical (unpaired) electrons. The van der Waals surface area contributed by atoms with Crippen molar-refractivity contribution in [3.05, 3.63) is 0 Å². The molecular weight excluding hydrogens is 304 g/mol. The third kappa shape index (κ3) is 4.06. The molecule has 2 heterocycles. The van der Waals surface area contributed by atoms with Crippen LogP contribution >= 0.6 is 0 Å². The van der Waals surface area contributed by atoms with Crippen LogP contribution in [0.25, 0.3) is 0 Å². The Kier molecular flexibility index (Phi) is 5.42. The van der Waals surface area contributed by atoms with Crippen molar-refractivity contribution < 1.29 is 36.3 Å². The second-order valence-corrected chi connectivity index (χ2v) is 6.76. The van der Waals surface area contributed by atoms with Crippen molar-refractivity contribution in [3.8, 4) is 0 Å². The average molecular weight is 324 g/mol. The minimum absolute atomic E-state index is 0.140. The van der Waals surface area contributed by atoms with E-state index in [1.807, 2.05) is 6.92 Å². The summed E-state index contributed by atoms with van der Waals surface area (Å²) in [4.78, 5) is 11.2. The van der Waals surface area contributed by atoms with Gasteiger partial charge >= 0.3 is 6.16 Å². The Labute approximate surface area is 123 Å². The molecule has 0 amide bonds. The fourth-order valence-corrected chi connectivity index (χ4v) is 2.95. The van der Waals surface area contributed by atoms with E-state index in [0.717, 1.165) is 20.0 Å². The molecule has 2 rings (SSSR count). The standard InChI is InChI=1S/C12H20O8S/c1-3-4-6-17-11-10-9(19-12(13)20-10)8(18-11)5-7-21(14,15)16-2/h8-11H,3-7H2,1-2H3/t8-,9-,10-,11-/m1/s1. The quantitative estimate of drug-likeness (QED) is 0.367. The van der Waals surface area contributed by atoms with Crippen LogP contribution in [-0.4, -0.2) is 58.6 Å². The summed E-state index contributed by atoms with van der Waals surface area (Å²) in [6.07, 6.45) is -1.41. The molecule has 0 aromatic rings. The van der Waals surface area contributed by atoms with Gasteiger partial charge in [0.1, 0.15) is 6.10 Å². The summed E-state index contributed by atoms with van der Waals surface area (Å²) in [7, 11) is -2.49. The molecule has 21 heavy (non-hydrogen) atoms. The maximum Gasteiger partial charge on any atom is 0.509 e. The maximum atomic E-state index is 11.4. The van der Waals surface area contributed by atoms with E-state index in [1.54, 1.807) is 0 Å². The second-order valence-electron chi connectivity index (χ2n) is 4.90. The minimum atomic E-state index is -3.59. The van der Waals surface area contributed by atoms with Gasteiger partial charge < -0.3 is 18.9 Å². The summed E-state index contributed by atoms with van der Waals surface area (Å²) >= 11 is 0. The molecule has 0 saturated carbocycles. The van der Waals surface area contributed by atoms with Gasteiger partial charge in [-0.05, 0) is 12.8 Å². The molecule has 0 unspecified atom stereocenters. The van der Waals surface area contributed by atoms with E-state index in [2.05, 4.69) is 4.18 Å². The van der Waals surface area contributed by atoms with Crippen molar-refractivity contribution in [2.75, 3.05) is 19.5 Å². The molecule has 2 aliphatic heterocycles. The van der Waals surface area contributed by atoms with E-state index in [0.29, 0.717) is 6.61 Å². The molecular formula is C12H20O8S. The third-order valence-electron chi connectivity index (χ3n) is 3.42. The van der Waals surface area contributed by atoms with Gasteiger partial charge in [0.05, 0.1) is 12.9 Å². The van der Waals surface area contributed by atoms with Gasteiger partial charge in [0.25, 0.3) is 10.1 Å². The van der Waals surface area contributed by atoms with Crippen LogP contribution in [0, 0.1) is 0 Å². The fourth-order valence-electron chi connectivity index (χ4n) is 2.26. The van der Waals surface area contributed by atoms with E-state index < -0.39 is 40.9 Å². The van der Waals surface area contributed by atoms with Gasteiger partial charge in [0.15, 0.2) is 18.5 Å². The zero-order chi connectivity index (χ0) is 15.5. The van der Waals surface area contributed by atoms with Crippen molar-refractivity contribution in [3.63, 3.8) is 0 Å². The summed E-state index contributed by atoms with van der Waals surface area (Å²) < 4.78 is 48.3. The Morgan fingerprint density at radius 1 is 1.24 bits per heavy atom. The number of unbranched alkanes of at least 4 members (excludes halogenated alkanes) is 1. The van der Waals surface area contributed by atoms with E-state index in [4.69, 9.17) is 18.9 Å². The lowest BCUT2D eigenvalue weighted by Gasteiger charge is -2.16. The SMILES string of the molecule is CCCCO[C@@H]1O[C@H](CCS(=O)(=O)OC)[C@H]2OC(=O)O[C@@H]12. The first-order valence-corrected chi connectivity index (χ1v) is 8.47. The zero-order valence-corrected chi connectivity index (χ0v) is 12.8. The van der Waals surface area contributed by atoms with Gasteiger partial charge in [-0.2, -0.15) is 8.42 Å². The van der Waals surface area contributed by atoms with E-state index in [-0.39, 0.29) is 12.2 Å². The monoisotopic (exact) mass is 324 g/mol. The van der Waals surface area contributed by atoms with Crippen LogP contribution in [-0.2, 0) is 33.2 Å². The molecule has 9 heteroatoms. The summed E-state index contributed by atoms with van der Waals surface area (Å²) in [5.74, 6) is -0.226. The van der Waals surface area contributed by atoms with Gasteiger partial charge in [-0.3, -0.25) is 4.18 Å². The second kappa shape index (κ2) is 6.91. The summed E-state index contributed by atoms with van der Waals surface area (Å²) in [6, 6.07) is 0.